The Morgan fingerprint density at radius 1 is 1.11 bits per heavy atom. The van der Waals surface area contributed by atoms with Crippen molar-refractivity contribution < 1.29 is 28.6 Å². The number of nitrogens with zero attached hydrogens (tertiary/aromatic N) is 2. The Labute approximate surface area is 157 Å². The van der Waals surface area contributed by atoms with Gasteiger partial charge in [0, 0.05) is 23.4 Å². The van der Waals surface area contributed by atoms with Gasteiger partial charge in [-0.25, -0.2) is 4.79 Å². The van der Waals surface area contributed by atoms with Gasteiger partial charge in [0.05, 0.1) is 15.4 Å². The molecule has 28 heavy (non-hydrogen) atoms. The number of benzene rings is 2. The predicted octanol–water partition coefficient (Wildman–Crippen LogP) is 3.13. The van der Waals surface area contributed by atoms with E-state index in [4.69, 9.17) is 4.74 Å². The Bertz CT molecular complexity index is 977. The number of nitro groups is 2. The van der Waals surface area contributed by atoms with Crippen LogP contribution in [0.15, 0.2) is 36.4 Å². The monoisotopic (exact) mass is 391 g/mol. The predicted molar refractivity (Wildman–Crippen MR) is 94.4 cm³/mol. The highest BCUT2D eigenvalue weighted by Crippen LogP contribution is 2.23. The number of carbonyl (C=O) groups excluding carboxylic acids is 2. The number of hydrogen-bond donors (Lipinski definition) is 1. The van der Waals surface area contributed by atoms with E-state index in [9.17, 15) is 34.2 Å². The fourth-order valence-corrected chi connectivity index (χ4v) is 2.29. The second kappa shape index (κ2) is 8.20. The highest BCUT2D eigenvalue weighted by Gasteiger charge is 2.24. The van der Waals surface area contributed by atoms with Crippen molar-refractivity contribution in [3.8, 4) is 0 Å². The molecule has 0 bridgehead atoms. The Morgan fingerprint density at radius 2 is 1.75 bits per heavy atom. The highest BCUT2D eigenvalue weighted by atomic mass is 19.1. The molecule has 0 aromatic heterocycles. The fourth-order valence-electron chi connectivity index (χ4n) is 2.29. The fraction of sp³-hybridized carbons (Fsp3) is 0.176. The van der Waals surface area contributed by atoms with Crippen LogP contribution in [-0.4, -0.2) is 27.8 Å². The maximum Gasteiger partial charge on any atom is 0.339 e. The summed E-state index contributed by atoms with van der Waals surface area (Å²) in [5.41, 5.74) is -1.15. The first-order chi connectivity index (χ1) is 13.1. The molecule has 2 aromatic carbocycles. The van der Waals surface area contributed by atoms with Crippen molar-refractivity contribution >= 4 is 28.9 Å². The molecule has 0 radical (unpaired) electrons. The molecule has 146 valence electrons. The summed E-state index contributed by atoms with van der Waals surface area (Å²) in [7, 11) is 0. The molecule has 0 aliphatic rings. The van der Waals surface area contributed by atoms with Gasteiger partial charge in [0.1, 0.15) is 0 Å². The lowest BCUT2D eigenvalue weighted by atomic mass is 10.1. The highest BCUT2D eigenvalue weighted by molar-refractivity contribution is 5.98. The van der Waals surface area contributed by atoms with Gasteiger partial charge in [-0.2, -0.15) is 4.39 Å². The van der Waals surface area contributed by atoms with Crippen LogP contribution < -0.4 is 5.32 Å². The number of halogens is 1. The van der Waals surface area contributed by atoms with Gasteiger partial charge in [-0.05, 0) is 32.0 Å². The Morgan fingerprint density at radius 3 is 2.36 bits per heavy atom. The summed E-state index contributed by atoms with van der Waals surface area (Å²) in [6.45, 7) is 2.62. The minimum atomic E-state index is -1.32. The standard InChI is InChI=1S/C17H14FN3O7/c1-9-12(4-3-5-14(9)20(24)25)17(23)28-10(2)16(22)19-11-6-7-13(18)15(8-11)21(26)27/h3-8,10H,1-2H3,(H,19,22)/t10-/m1/s1. The lowest BCUT2D eigenvalue weighted by Crippen LogP contribution is -2.30. The van der Waals surface area contributed by atoms with Gasteiger partial charge in [-0.1, -0.05) is 6.07 Å². The third kappa shape index (κ3) is 4.44. The number of amides is 1. The smallest absolute Gasteiger partial charge is 0.339 e. The molecule has 0 saturated heterocycles. The maximum atomic E-state index is 13.3. The molecule has 0 fully saturated rings. The van der Waals surface area contributed by atoms with Crippen LogP contribution in [0.1, 0.15) is 22.8 Å². The van der Waals surface area contributed by atoms with E-state index in [1.807, 2.05) is 0 Å². The number of esters is 1. The van der Waals surface area contributed by atoms with Crippen LogP contribution in [-0.2, 0) is 9.53 Å². The molecule has 0 unspecified atom stereocenters. The van der Waals surface area contributed by atoms with Crippen LogP contribution in [0, 0.1) is 33.0 Å². The number of nitrogens with one attached hydrogen (secondary N) is 1. The molecule has 2 aromatic rings. The van der Waals surface area contributed by atoms with Gasteiger partial charge < -0.3 is 10.1 Å². The molecule has 0 aliphatic carbocycles. The SMILES string of the molecule is Cc1c(C(=O)O[C@H](C)C(=O)Nc2ccc(F)c([N+](=O)[O-])c2)cccc1[N+](=O)[O-]. The largest absolute Gasteiger partial charge is 0.449 e. The van der Waals surface area contributed by atoms with Crippen molar-refractivity contribution in [3.63, 3.8) is 0 Å². The molecule has 2 rings (SSSR count). The van der Waals surface area contributed by atoms with Crippen LogP contribution >= 0.6 is 0 Å². The molecule has 0 heterocycles. The maximum absolute atomic E-state index is 13.3. The zero-order chi connectivity index (χ0) is 21.0. The summed E-state index contributed by atoms with van der Waals surface area (Å²) in [5.74, 6) is -2.84. The van der Waals surface area contributed by atoms with E-state index in [2.05, 4.69) is 5.32 Å². The molecule has 0 aliphatic heterocycles. The van der Waals surface area contributed by atoms with E-state index in [1.165, 1.54) is 32.0 Å². The van der Waals surface area contributed by atoms with Gasteiger partial charge in [0.15, 0.2) is 6.10 Å². The topological polar surface area (TPSA) is 142 Å². The van der Waals surface area contributed by atoms with E-state index < -0.39 is 39.3 Å². The Hall–Kier alpha value is -3.89. The number of anilines is 1. The molecule has 0 spiro atoms. The molecule has 10 nitrogen and oxygen atoms in total. The molecule has 0 saturated carbocycles. The van der Waals surface area contributed by atoms with Crippen molar-refractivity contribution in [2.75, 3.05) is 5.32 Å². The lowest BCUT2D eigenvalue weighted by Gasteiger charge is -2.14. The van der Waals surface area contributed by atoms with Crippen LogP contribution in [0.5, 0.6) is 0 Å². The molecule has 11 heteroatoms. The van der Waals surface area contributed by atoms with Crippen LogP contribution in [0.25, 0.3) is 0 Å². The molecule has 1 atom stereocenters. The van der Waals surface area contributed by atoms with Gasteiger partial charge in [0.2, 0.25) is 5.82 Å². The van der Waals surface area contributed by atoms with E-state index in [0.717, 1.165) is 18.2 Å². The normalized spacial score (nSPS) is 11.4. The Kier molecular flexibility index (Phi) is 5.98. The number of nitro benzene ring substituents is 2. The van der Waals surface area contributed by atoms with E-state index in [-0.39, 0.29) is 22.5 Å². The summed E-state index contributed by atoms with van der Waals surface area (Å²) < 4.78 is 18.3. The Balaban J connectivity index is 2.12. The third-order valence-electron chi connectivity index (χ3n) is 3.79. The van der Waals surface area contributed by atoms with Crippen LogP contribution in [0.3, 0.4) is 0 Å². The first-order valence-electron chi connectivity index (χ1n) is 7.81. The van der Waals surface area contributed by atoms with Crippen LogP contribution in [0.4, 0.5) is 21.5 Å². The summed E-state index contributed by atoms with van der Waals surface area (Å²) in [6, 6.07) is 6.61. The van der Waals surface area contributed by atoms with E-state index in [0.29, 0.717) is 0 Å². The van der Waals surface area contributed by atoms with Crippen molar-refractivity contribution in [1.29, 1.82) is 0 Å². The summed E-state index contributed by atoms with van der Waals surface area (Å²) in [4.78, 5) is 44.5. The van der Waals surface area contributed by atoms with Gasteiger partial charge >= 0.3 is 11.7 Å². The number of rotatable bonds is 6. The van der Waals surface area contributed by atoms with Crippen molar-refractivity contribution in [3.05, 3.63) is 73.6 Å². The zero-order valence-corrected chi connectivity index (χ0v) is 14.7. The second-order valence-corrected chi connectivity index (χ2v) is 5.67. The lowest BCUT2D eigenvalue weighted by molar-refractivity contribution is -0.387. The molecule has 1 amide bonds. The average Bonchev–Trinajstić information content (AvgIpc) is 2.62. The van der Waals surface area contributed by atoms with Crippen molar-refractivity contribution in [2.24, 2.45) is 0 Å². The molecule has 1 N–H and O–H groups in total. The number of ether oxygens (including phenoxy) is 1. The first kappa shape index (κ1) is 20.4. The van der Waals surface area contributed by atoms with Crippen LogP contribution in [0.2, 0.25) is 0 Å². The average molecular weight is 391 g/mol. The number of carbonyl (C=O) groups is 2. The third-order valence-corrected chi connectivity index (χ3v) is 3.79. The summed E-state index contributed by atoms with van der Waals surface area (Å²) in [6.07, 6.45) is -1.32. The minimum absolute atomic E-state index is 0.0625. The molecular weight excluding hydrogens is 377 g/mol. The summed E-state index contributed by atoms with van der Waals surface area (Å²) >= 11 is 0. The quantitative estimate of drug-likeness (QED) is 0.453. The first-order valence-corrected chi connectivity index (χ1v) is 7.81. The number of hydrogen-bond acceptors (Lipinski definition) is 7. The van der Waals surface area contributed by atoms with Gasteiger partial charge in [0.25, 0.3) is 11.6 Å². The summed E-state index contributed by atoms with van der Waals surface area (Å²) in [5, 5.41) is 24.0. The zero-order valence-electron chi connectivity index (χ0n) is 14.7. The second-order valence-electron chi connectivity index (χ2n) is 5.67. The van der Waals surface area contributed by atoms with Gasteiger partial charge in [-0.15, -0.1) is 0 Å². The van der Waals surface area contributed by atoms with Crippen molar-refractivity contribution in [1.82, 2.24) is 0 Å². The van der Waals surface area contributed by atoms with Crippen molar-refractivity contribution in [2.45, 2.75) is 20.0 Å². The van der Waals surface area contributed by atoms with Gasteiger partial charge in [-0.3, -0.25) is 25.0 Å². The molecular formula is C17H14FN3O7. The van der Waals surface area contributed by atoms with E-state index in [1.54, 1.807) is 0 Å². The van der Waals surface area contributed by atoms with E-state index >= 15 is 0 Å². The minimum Gasteiger partial charge on any atom is -0.449 e.